The Morgan fingerprint density at radius 1 is 1.29 bits per heavy atom. The van der Waals surface area contributed by atoms with Gasteiger partial charge in [-0.2, -0.15) is 8.42 Å². The molecule has 0 unspecified atom stereocenters. The van der Waals surface area contributed by atoms with Crippen molar-refractivity contribution in [2.45, 2.75) is 12.2 Å². The molecule has 0 saturated carbocycles. The van der Waals surface area contributed by atoms with Gasteiger partial charge in [0, 0.05) is 5.56 Å². The highest BCUT2D eigenvalue weighted by molar-refractivity contribution is 7.87. The molecule has 1 aromatic carbocycles. The molecule has 14 heavy (non-hydrogen) atoms. The van der Waals surface area contributed by atoms with Crippen LogP contribution in [0.4, 0.5) is 0 Å². The summed E-state index contributed by atoms with van der Waals surface area (Å²) in [5, 5.41) is -1.41. The highest BCUT2D eigenvalue weighted by Gasteiger charge is 2.26. The number of ketones is 1. The molecule has 0 fully saturated rings. The molecule has 0 amide bonds. The first-order valence-electron chi connectivity index (χ1n) is 3.98. The maximum absolute atomic E-state index is 11.5. The summed E-state index contributed by atoms with van der Waals surface area (Å²) in [4.78, 5) is 11.5. The smallest absolute Gasteiger partial charge is 0.275 e. The van der Waals surface area contributed by atoms with Gasteiger partial charge in [-0.25, -0.2) is 0 Å². The average molecular weight is 214 g/mol. The Morgan fingerprint density at radius 2 is 1.79 bits per heavy atom. The number of rotatable bonds is 3. The second kappa shape index (κ2) is 3.89. The maximum atomic E-state index is 11.5. The first kappa shape index (κ1) is 10.9. The molecule has 1 N–H and O–H groups in total. The molecule has 0 aromatic heterocycles. The second-order valence-electron chi connectivity index (χ2n) is 2.89. The lowest BCUT2D eigenvalue weighted by Crippen LogP contribution is -2.26. The van der Waals surface area contributed by atoms with E-state index in [-0.39, 0.29) is 5.56 Å². The molecule has 0 aliphatic carbocycles. The zero-order chi connectivity index (χ0) is 10.8. The number of Topliss-reactive ketones (excluding diaryl/α,β-unsaturated/α-hetero) is 1. The van der Waals surface area contributed by atoms with Crippen molar-refractivity contribution in [2.75, 3.05) is 0 Å². The van der Waals surface area contributed by atoms with E-state index >= 15 is 0 Å². The monoisotopic (exact) mass is 214 g/mol. The highest BCUT2D eigenvalue weighted by atomic mass is 32.2. The first-order chi connectivity index (χ1) is 6.43. The average Bonchev–Trinajstić information content (AvgIpc) is 2.15. The zero-order valence-electron chi connectivity index (χ0n) is 7.54. The van der Waals surface area contributed by atoms with E-state index in [2.05, 4.69) is 0 Å². The lowest BCUT2D eigenvalue weighted by molar-refractivity contribution is 0.0989. The van der Waals surface area contributed by atoms with Crippen LogP contribution in [0.5, 0.6) is 0 Å². The van der Waals surface area contributed by atoms with E-state index in [0.29, 0.717) is 0 Å². The van der Waals surface area contributed by atoms with Crippen LogP contribution in [0.1, 0.15) is 17.3 Å². The Kier molecular flexibility index (Phi) is 3.03. The van der Waals surface area contributed by atoms with E-state index in [1.54, 1.807) is 18.2 Å². The van der Waals surface area contributed by atoms with Crippen molar-refractivity contribution in [2.24, 2.45) is 0 Å². The quantitative estimate of drug-likeness (QED) is 0.605. The molecule has 0 bridgehead atoms. The van der Waals surface area contributed by atoms with Gasteiger partial charge in [-0.05, 0) is 6.92 Å². The molecule has 0 aliphatic rings. The summed E-state index contributed by atoms with van der Waals surface area (Å²) in [5.41, 5.74) is 0.276. The molecule has 0 saturated heterocycles. The van der Waals surface area contributed by atoms with Crippen molar-refractivity contribution in [1.82, 2.24) is 0 Å². The Balaban J connectivity index is 2.99. The molecule has 5 heteroatoms. The Morgan fingerprint density at radius 3 is 2.21 bits per heavy atom. The van der Waals surface area contributed by atoms with Gasteiger partial charge in [0.25, 0.3) is 10.1 Å². The zero-order valence-corrected chi connectivity index (χ0v) is 8.36. The predicted octanol–water partition coefficient (Wildman–Crippen LogP) is 1.15. The first-order valence-corrected chi connectivity index (χ1v) is 5.49. The number of carbonyl (C=O) groups is 1. The Bertz CT molecular complexity index is 421. The van der Waals surface area contributed by atoms with Gasteiger partial charge in [-0.15, -0.1) is 0 Å². The van der Waals surface area contributed by atoms with Crippen molar-refractivity contribution in [3.63, 3.8) is 0 Å². The van der Waals surface area contributed by atoms with Crippen LogP contribution in [0.25, 0.3) is 0 Å². The van der Waals surface area contributed by atoms with E-state index in [1.165, 1.54) is 12.1 Å². The molecule has 1 aromatic rings. The lowest BCUT2D eigenvalue weighted by Gasteiger charge is -2.06. The van der Waals surface area contributed by atoms with Crippen LogP contribution in [0.2, 0.25) is 0 Å². The third-order valence-electron chi connectivity index (χ3n) is 1.87. The maximum Gasteiger partial charge on any atom is 0.275 e. The molecule has 0 aliphatic heterocycles. The fourth-order valence-corrected chi connectivity index (χ4v) is 1.38. The molecule has 0 radical (unpaired) electrons. The van der Waals surface area contributed by atoms with Crippen molar-refractivity contribution in [1.29, 1.82) is 0 Å². The van der Waals surface area contributed by atoms with E-state index in [0.717, 1.165) is 6.92 Å². The fraction of sp³-hybridized carbons (Fsp3) is 0.222. The van der Waals surface area contributed by atoms with Crippen molar-refractivity contribution in [3.05, 3.63) is 35.9 Å². The lowest BCUT2D eigenvalue weighted by atomic mass is 10.1. The van der Waals surface area contributed by atoms with E-state index in [4.69, 9.17) is 4.55 Å². The van der Waals surface area contributed by atoms with Gasteiger partial charge in [-0.1, -0.05) is 30.3 Å². The van der Waals surface area contributed by atoms with Crippen molar-refractivity contribution >= 4 is 15.9 Å². The molecule has 1 atom stereocenters. The fourth-order valence-electron chi connectivity index (χ4n) is 0.972. The van der Waals surface area contributed by atoms with Crippen LogP contribution in [0.15, 0.2) is 30.3 Å². The molecular formula is C9H10O4S. The standard InChI is InChI=1S/C9H10O4S/c1-7(14(11,12)13)9(10)8-5-3-2-4-6-8/h2-7H,1H3,(H,11,12,13)/t7-/m1/s1. The van der Waals surface area contributed by atoms with Gasteiger partial charge >= 0.3 is 0 Å². The van der Waals surface area contributed by atoms with Crippen molar-refractivity contribution < 1.29 is 17.8 Å². The van der Waals surface area contributed by atoms with Gasteiger partial charge in [-0.3, -0.25) is 9.35 Å². The summed E-state index contributed by atoms with van der Waals surface area (Å²) in [6.45, 7) is 1.16. The Hall–Kier alpha value is -1.20. The summed E-state index contributed by atoms with van der Waals surface area (Å²) >= 11 is 0. The minimum Gasteiger partial charge on any atom is -0.293 e. The molecule has 0 spiro atoms. The van der Waals surface area contributed by atoms with Gasteiger partial charge < -0.3 is 0 Å². The van der Waals surface area contributed by atoms with Crippen LogP contribution in [-0.2, 0) is 10.1 Å². The molecule has 76 valence electrons. The Labute approximate surface area is 82.3 Å². The van der Waals surface area contributed by atoms with Crippen LogP contribution in [0, 0.1) is 0 Å². The summed E-state index contributed by atoms with van der Waals surface area (Å²) < 4.78 is 30.0. The summed E-state index contributed by atoms with van der Waals surface area (Å²) in [5.74, 6) is -0.604. The van der Waals surface area contributed by atoms with Crippen LogP contribution >= 0.6 is 0 Å². The third kappa shape index (κ3) is 2.40. The minimum absolute atomic E-state index is 0.276. The van der Waals surface area contributed by atoms with Gasteiger partial charge in [0.05, 0.1) is 0 Å². The number of carbonyl (C=O) groups excluding carboxylic acids is 1. The number of hydrogen-bond donors (Lipinski definition) is 1. The summed E-state index contributed by atoms with van der Waals surface area (Å²) in [6.07, 6.45) is 0. The second-order valence-corrected chi connectivity index (χ2v) is 4.62. The molecular weight excluding hydrogens is 204 g/mol. The van der Waals surface area contributed by atoms with E-state index < -0.39 is 21.2 Å². The third-order valence-corrected chi connectivity index (χ3v) is 2.98. The normalized spacial score (nSPS) is 13.6. The van der Waals surface area contributed by atoms with Crippen LogP contribution in [-0.4, -0.2) is 24.0 Å². The number of hydrogen-bond acceptors (Lipinski definition) is 3. The van der Waals surface area contributed by atoms with E-state index in [9.17, 15) is 13.2 Å². The molecule has 1 rings (SSSR count). The number of benzene rings is 1. The molecule has 4 nitrogen and oxygen atoms in total. The van der Waals surface area contributed by atoms with Crippen LogP contribution < -0.4 is 0 Å². The molecule has 0 heterocycles. The van der Waals surface area contributed by atoms with Crippen molar-refractivity contribution in [3.8, 4) is 0 Å². The van der Waals surface area contributed by atoms with E-state index in [1.807, 2.05) is 0 Å². The van der Waals surface area contributed by atoms with Gasteiger partial charge in [0.2, 0.25) is 0 Å². The van der Waals surface area contributed by atoms with Gasteiger partial charge in [0.15, 0.2) is 5.78 Å². The van der Waals surface area contributed by atoms with Gasteiger partial charge in [0.1, 0.15) is 5.25 Å². The SMILES string of the molecule is C[C@H](C(=O)c1ccccc1)S(=O)(=O)O. The minimum atomic E-state index is -4.30. The summed E-state index contributed by atoms with van der Waals surface area (Å²) in [6, 6.07) is 7.98. The topological polar surface area (TPSA) is 71.4 Å². The largest absolute Gasteiger partial charge is 0.293 e. The highest BCUT2D eigenvalue weighted by Crippen LogP contribution is 2.08. The predicted molar refractivity (Wildman–Crippen MR) is 51.8 cm³/mol. The summed E-state index contributed by atoms with van der Waals surface area (Å²) in [7, 11) is -4.30. The van der Waals surface area contributed by atoms with Crippen LogP contribution in [0.3, 0.4) is 0 Å².